The smallest absolute Gasteiger partial charge is 0.274 e. The van der Waals surface area contributed by atoms with Crippen LogP contribution in [0.4, 0.5) is 11.4 Å². The molecule has 8 rings (SSSR count). The number of nitrogens with zero attached hydrogens (tertiary/aromatic N) is 4. The average Bonchev–Trinajstić information content (AvgIpc) is 3.72. The van der Waals surface area contributed by atoms with Crippen molar-refractivity contribution in [2.45, 2.75) is 63.4 Å². The number of allylic oxidation sites excluding steroid dienone is 1. The molecule has 0 unspecified atom stereocenters. The molecule has 1 amide bonds. The van der Waals surface area contributed by atoms with Gasteiger partial charge in [0.2, 0.25) is 0 Å². The van der Waals surface area contributed by atoms with E-state index in [-0.39, 0.29) is 39.9 Å². The van der Waals surface area contributed by atoms with Crippen LogP contribution in [0.2, 0.25) is 5.02 Å². The predicted octanol–water partition coefficient (Wildman–Crippen LogP) is 8.09. The number of sulfonamides is 1. The molecule has 0 radical (unpaired) electrons. The molecular weight excluding hydrogens is 818 g/mol. The first-order valence-electron chi connectivity index (χ1n) is 20.6. The number of hydrogen-bond donors (Lipinski definition) is 3. The number of fused-ring (bicyclic) bond motifs is 1. The third-order valence-electron chi connectivity index (χ3n) is 11.9. The van der Waals surface area contributed by atoms with E-state index in [1.165, 1.54) is 41.1 Å². The number of piperazine rings is 1. The van der Waals surface area contributed by atoms with Crippen molar-refractivity contribution in [3.8, 4) is 11.5 Å². The summed E-state index contributed by atoms with van der Waals surface area (Å²) < 4.78 is 41.9. The number of carbonyl (C=O) groups excluding carboxylic acids is 1. The zero-order valence-electron chi connectivity index (χ0n) is 34.3. The average molecular weight is 868 g/mol. The van der Waals surface area contributed by atoms with E-state index in [1.807, 2.05) is 18.2 Å². The Morgan fingerprint density at radius 2 is 1.80 bits per heavy atom. The summed E-state index contributed by atoms with van der Waals surface area (Å²) in [5, 5.41) is 16.9. The first kappa shape index (κ1) is 42.4. The van der Waals surface area contributed by atoms with Crippen molar-refractivity contribution < 1.29 is 27.6 Å². The first-order valence-corrected chi connectivity index (χ1v) is 22.5. The fourth-order valence-electron chi connectivity index (χ4n) is 8.41. The van der Waals surface area contributed by atoms with E-state index in [2.05, 4.69) is 55.8 Å². The Morgan fingerprint density at radius 1 is 1.03 bits per heavy atom. The van der Waals surface area contributed by atoms with Crippen LogP contribution >= 0.6 is 11.6 Å². The van der Waals surface area contributed by atoms with Gasteiger partial charge in [0.25, 0.3) is 21.6 Å². The van der Waals surface area contributed by atoms with Crippen LogP contribution in [0, 0.1) is 15.5 Å². The fourth-order valence-corrected chi connectivity index (χ4v) is 9.62. The number of nitrogens with one attached hydrogen (secondary N) is 3. The highest BCUT2D eigenvalue weighted by molar-refractivity contribution is 7.90. The number of ether oxygens (including phenoxy) is 2. The van der Waals surface area contributed by atoms with Gasteiger partial charge in [0.1, 0.15) is 22.0 Å². The lowest BCUT2D eigenvalue weighted by Crippen LogP contribution is -2.47. The molecule has 61 heavy (non-hydrogen) atoms. The number of anilines is 1. The van der Waals surface area contributed by atoms with Crippen molar-refractivity contribution >= 4 is 55.5 Å². The molecule has 2 aromatic heterocycles. The minimum atomic E-state index is -4.55. The highest BCUT2D eigenvalue weighted by atomic mass is 35.5. The number of pyridine rings is 1. The Bertz CT molecular complexity index is 2560. The van der Waals surface area contributed by atoms with Gasteiger partial charge in [-0.1, -0.05) is 49.2 Å². The molecule has 16 heteroatoms. The molecule has 3 N–H and O–H groups in total. The number of nitro groups is 1. The van der Waals surface area contributed by atoms with Crippen molar-refractivity contribution in [2.75, 3.05) is 50.8 Å². The van der Waals surface area contributed by atoms with Crippen LogP contribution in [0.25, 0.3) is 16.6 Å². The van der Waals surface area contributed by atoms with Crippen LogP contribution in [-0.2, 0) is 21.3 Å². The number of H-pyrrole nitrogens is 1. The van der Waals surface area contributed by atoms with Gasteiger partial charge in [0.15, 0.2) is 0 Å². The van der Waals surface area contributed by atoms with E-state index in [9.17, 15) is 23.3 Å². The highest BCUT2D eigenvalue weighted by Gasteiger charge is 2.31. The van der Waals surface area contributed by atoms with Crippen molar-refractivity contribution in [2.24, 2.45) is 5.41 Å². The summed E-state index contributed by atoms with van der Waals surface area (Å²) in [5.41, 5.74) is 5.65. The molecule has 320 valence electrons. The second-order valence-electron chi connectivity index (χ2n) is 16.8. The van der Waals surface area contributed by atoms with E-state index in [1.54, 1.807) is 24.4 Å². The summed E-state index contributed by atoms with van der Waals surface area (Å²) in [6, 6.07) is 20.7. The number of aromatic amines is 1. The lowest BCUT2D eigenvalue weighted by Gasteiger charge is -2.39. The number of halogens is 1. The maximum atomic E-state index is 14.0. The van der Waals surface area contributed by atoms with Gasteiger partial charge >= 0.3 is 0 Å². The number of nitro benzene ring substituents is 1. The zero-order chi connectivity index (χ0) is 42.7. The zero-order valence-corrected chi connectivity index (χ0v) is 35.9. The Balaban J connectivity index is 1.01. The summed E-state index contributed by atoms with van der Waals surface area (Å²) in [5.74, 6) is -0.706. The van der Waals surface area contributed by atoms with Gasteiger partial charge in [0.05, 0.1) is 11.1 Å². The van der Waals surface area contributed by atoms with Gasteiger partial charge < -0.3 is 24.7 Å². The van der Waals surface area contributed by atoms with Crippen LogP contribution < -0.4 is 19.7 Å². The summed E-state index contributed by atoms with van der Waals surface area (Å²) in [4.78, 5) is 36.9. The molecule has 0 atom stereocenters. The molecule has 5 aromatic rings. The van der Waals surface area contributed by atoms with E-state index in [0.717, 1.165) is 73.9 Å². The van der Waals surface area contributed by atoms with E-state index >= 15 is 0 Å². The minimum Gasteiger partial charge on any atom is -0.454 e. The third-order valence-corrected chi connectivity index (χ3v) is 13.5. The van der Waals surface area contributed by atoms with Gasteiger partial charge in [-0.2, -0.15) is 0 Å². The van der Waals surface area contributed by atoms with Gasteiger partial charge in [-0.25, -0.2) is 18.1 Å². The quantitative estimate of drug-likeness (QED) is 0.0772. The second-order valence-corrected chi connectivity index (χ2v) is 18.9. The Hall–Kier alpha value is -5.32. The maximum Gasteiger partial charge on any atom is 0.274 e. The van der Waals surface area contributed by atoms with Gasteiger partial charge in [-0.15, -0.1) is 0 Å². The molecule has 4 heterocycles. The number of aromatic nitrogens is 2. The number of carbonyl (C=O) groups is 1. The third kappa shape index (κ3) is 10.1. The van der Waals surface area contributed by atoms with Gasteiger partial charge in [0, 0.05) is 104 Å². The number of hydrogen-bond acceptors (Lipinski definition) is 11. The van der Waals surface area contributed by atoms with Crippen LogP contribution in [0.5, 0.6) is 11.5 Å². The topological polar surface area (TPSA) is 172 Å². The van der Waals surface area contributed by atoms with Crippen molar-refractivity contribution in [3.05, 3.63) is 123 Å². The highest BCUT2D eigenvalue weighted by Crippen LogP contribution is 2.43. The first-order chi connectivity index (χ1) is 29.3. The molecule has 3 aromatic carbocycles. The van der Waals surface area contributed by atoms with Crippen molar-refractivity contribution in [3.63, 3.8) is 0 Å². The van der Waals surface area contributed by atoms with Crippen LogP contribution in [0.15, 0.2) is 95.7 Å². The molecule has 0 saturated carbocycles. The van der Waals surface area contributed by atoms with Crippen LogP contribution in [-0.4, -0.2) is 86.1 Å². The van der Waals surface area contributed by atoms with Gasteiger partial charge in [-0.05, 0) is 91.1 Å². The fraction of sp³-hybridized carbons (Fsp3) is 0.378. The summed E-state index contributed by atoms with van der Waals surface area (Å²) >= 11 is 6.24. The lowest BCUT2D eigenvalue weighted by molar-refractivity contribution is -0.385. The number of benzene rings is 3. The molecule has 3 aliphatic rings. The van der Waals surface area contributed by atoms with Crippen LogP contribution in [0.1, 0.15) is 67.4 Å². The summed E-state index contributed by atoms with van der Waals surface area (Å²) in [6.45, 7) is 9.99. The normalized spacial score (nSPS) is 17.7. The van der Waals surface area contributed by atoms with Crippen molar-refractivity contribution in [1.29, 1.82) is 0 Å². The summed E-state index contributed by atoms with van der Waals surface area (Å²) in [7, 11) is -4.55. The Labute approximate surface area is 360 Å². The summed E-state index contributed by atoms with van der Waals surface area (Å²) in [6.07, 6.45) is 8.00. The molecule has 1 aliphatic carbocycles. The number of rotatable bonds is 13. The Kier molecular flexibility index (Phi) is 12.5. The maximum absolute atomic E-state index is 14.0. The standard InChI is InChI=1S/C45H50ClN7O7S/c1-45(2)15-11-34(39(26-45)30-5-7-35(46)8-6-30)29-51-17-19-52(20-18-51)37-9-10-42(41(25-37)60-38-23-31-12-16-47-43(31)49-28-38)61(57,58)50-44(54)32-3-4-33(40(24-32)53(55)56)27-48-36-13-21-59-22-14-36/h3-10,12,16,23-25,28,36,48H,11,13-15,17-22,26-27,29H2,1-2H3,(H,47,49)(H,50,54). The SMILES string of the molecule is CC1(C)CCC(CN2CCN(c3ccc(S(=O)(=O)NC(=O)c4ccc(CNC5CCOCC5)c([N+](=O)[O-])c4)c(Oc4cnc5[nH]ccc5c4)c3)CC2)=C(c2ccc(Cl)cc2)C1. The molecule has 2 saturated heterocycles. The Morgan fingerprint density at radius 3 is 2.56 bits per heavy atom. The molecule has 2 aliphatic heterocycles. The molecule has 14 nitrogen and oxygen atoms in total. The van der Waals surface area contributed by atoms with E-state index in [0.29, 0.717) is 43.3 Å². The number of amides is 1. The van der Waals surface area contributed by atoms with Gasteiger partial charge in [-0.3, -0.25) is 19.8 Å². The second kappa shape index (κ2) is 18.0. The van der Waals surface area contributed by atoms with Crippen LogP contribution in [0.3, 0.4) is 0 Å². The minimum absolute atomic E-state index is 0.0000120. The lowest BCUT2D eigenvalue weighted by atomic mass is 9.72. The van der Waals surface area contributed by atoms with E-state index < -0.39 is 20.9 Å². The molecule has 2 fully saturated rings. The molecule has 0 bridgehead atoms. The molecular formula is C45H50ClN7O7S. The predicted molar refractivity (Wildman–Crippen MR) is 236 cm³/mol. The monoisotopic (exact) mass is 867 g/mol. The largest absolute Gasteiger partial charge is 0.454 e. The van der Waals surface area contributed by atoms with Crippen molar-refractivity contribution in [1.82, 2.24) is 24.9 Å². The molecule has 0 spiro atoms. The van der Waals surface area contributed by atoms with E-state index in [4.69, 9.17) is 21.1 Å².